The zero-order valence-electron chi connectivity index (χ0n) is 11.6. The van der Waals surface area contributed by atoms with Gasteiger partial charge in [0.05, 0.1) is 0 Å². The second-order valence-electron chi connectivity index (χ2n) is 6.02. The Balaban J connectivity index is 2.15. The lowest BCUT2D eigenvalue weighted by molar-refractivity contribution is -0.151. The van der Waals surface area contributed by atoms with Crippen molar-refractivity contribution in [2.24, 2.45) is 11.8 Å². The van der Waals surface area contributed by atoms with Gasteiger partial charge in [-0.2, -0.15) is 0 Å². The number of nitrogens with zero attached hydrogens (tertiary/aromatic N) is 1. The first kappa shape index (κ1) is 13.4. The van der Waals surface area contributed by atoms with Gasteiger partial charge in [-0.05, 0) is 31.1 Å². The number of hydrogen-bond acceptors (Lipinski definition) is 2. The number of nitrogens with one attached hydrogen (secondary N) is 1. The van der Waals surface area contributed by atoms with Crippen LogP contribution in [0.1, 0.15) is 46.5 Å². The van der Waals surface area contributed by atoms with Gasteiger partial charge in [0.15, 0.2) is 0 Å². The van der Waals surface area contributed by atoms with Crippen LogP contribution in [0.3, 0.4) is 0 Å². The molecular weight excluding hydrogens is 228 g/mol. The Bertz CT molecular complexity index is 337. The topological polar surface area (TPSA) is 49.4 Å². The molecule has 1 heterocycles. The van der Waals surface area contributed by atoms with E-state index in [0.29, 0.717) is 18.4 Å². The van der Waals surface area contributed by atoms with Crippen molar-refractivity contribution < 1.29 is 9.59 Å². The van der Waals surface area contributed by atoms with Crippen LogP contribution in [0, 0.1) is 11.8 Å². The summed E-state index contributed by atoms with van der Waals surface area (Å²) in [5, 5.41) is 2.91. The quantitative estimate of drug-likeness (QED) is 0.807. The Morgan fingerprint density at radius 3 is 2.50 bits per heavy atom. The summed E-state index contributed by atoms with van der Waals surface area (Å²) in [6, 6.07) is -0.496. The van der Waals surface area contributed by atoms with Gasteiger partial charge in [0.2, 0.25) is 11.8 Å². The van der Waals surface area contributed by atoms with Gasteiger partial charge in [-0.25, -0.2) is 0 Å². The van der Waals surface area contributed by atoms with Crippen molar-refractivity contribution in [3.8, 4) is 0 Å². The highest BCUT2D eigenvalue weighted by molar-refractivity contribution is 5.97. The Morgan fingerprint density at radius 2 is 2.00 bits per heavy atom. The molecule has 2 aliphatic rings. The van der Waals surface area contributed by atoms with Crippen LogP contribution in [0.4, 0.5) is 0 Å². The van der Waals surface area contributed by atoms with Gasteiger partial charge in [0, 0.05) is 6.54 Å². The van der Waals surface area contributed by atoms with E-state index in [1.165, 1.54) is 0 Å². The molecule has 0 spiro atoms. The van der Waals surface area contributed by atoms with E-state index in [1.807, 2.05) is 11.8 Å². The van der Waals surface area contributed by atoms with E-state index in [1.54, 1.807) is 0 Å². The molecule has 4 nitrogen and oxygen atoms in total. The predicted octanol–water partition coefficient (Wildman–Crippen LogP) is 1.55. The molecule has 1 N–H and O–H groups in total. The molecular formula is C14H24N2O2. The average Bonchev–Trinajstić information content (AvgIpc) is 3.09. The van der Waals surface area contributed by atoms with Crippen molar-refractivity contribution in [1.82, 2.24) is 10.2 Å². The summed E-state index contributed by atoms with van der Waals surface area (Å²) in [6.45, 7) is 6.93. The number of carbonyl (C=O) groups is 2. The van der Waals surface area contributed by atoms with Crippen LogP contribution in [0.5, 0.6) is 0 Å². The van der Waals surface area contributed by atoms with Gasteiger partial charge in [-0.3, -0.25) is 9.59 Å². The third kappa shape index (κ3) is 2.68. The molecule has 1 saturated heterocycles. The maximum absolute atomic E-state index is 12.5. The van der Waals surface area contributed by atoms with E-state index < -0.39 is 0 Å². The minimum Gasteiger partial charge on any atom is -0.342 e. The number of piperazine rings is 1. The molecule has 2 atom stereocenters. The first-order valence-corrected chi connectivity index (χ1v) is 7.15. The Kier molecular flexibility index (Phi) is 3.93. The molecule has 2 unspecified atom stereocenters. The van der Waals surface area contributed by atoms with Gasteiger partial charge >= 0.3 is 0 Å². The largest absolute Gasteiger partial charge is 0.342 e. The molecule has 2 rings (SSSR count). The van der Waals surface area contributed by atoms with Crippen LogP contribution in [0.2, 0.25) is 0 Å². The summed E-state index contributed by atoms with van der Waals surface area (Å²) < 4.78 is 0. The first-order chi connectivity index (χ1) is 8.54. The maximum atomic E-state index is 12.5. The van der Waals surface area contributed by atoms with E-state index >= 15 is 0 Å². The fourth-order valence-electron chi connectivity index (χ4n) is 2.76. The maximum Gasteiger partial charge on any atom is 0.245 e. The van der Waals surface area contributed by atoms with E-state index in [9.17, 15) is 9.59 Å². The van der Waals surface area contributed by atoms with Crippen molar-refractivity contribution in [1.29, 1.82) is 0 Å². The fraction of sp³-hybridized carbons (Fsp3) is 0.857. The second kappa shape index (κ2) is 5.29. The van der Waals surface area contributed by atoms with E-state index in [-0.39, 0.29) is 23.9 Å². The third-order valence-corrected chi connectivity index (χ3v) is 3.71. The minimum atomic E-state index is -0.295. The van der Waals surface area contributed by atoms with Gasteiger partial charge in [-0.15, -0.1) is 0 Å². The number of rotatable bonds is 5. The van der Waals surface area contributed by atoms with Gasteiger partial charge in [0.25, 0.3) is 0 Å². The van der Waals surface area contributed by atoms with E-state index in [0.717, 1.165) is 25.7 Å². The van der Waals surface area contributed by atoms with Gasteiger partial charge < -0.3 is 10.2 Å². The Hall–Kier alpha value is -1.06. The number of hydrogen-bond donors (Lipinski definition) is 1. The van der Waals surface area contributed by atoms with Crippen molar-refractivity contribution >= 4 is 11.8 Å². The fourth-order valence-corrected chi connectivity index (χ4v) is 2.76. The molecule has 2 amide bonds. The third-order valence-electron chi connectivity index (χ3n) is 3.71. The summed E-state index contributed by atoms with van der Waals surface area (Å²) >= 11 is 0. The Labute approximate surface area is 109 Å². The molecule has 0 aromatic carbocycles. The van der Waals surface area contributed by atoms with Crippen LogP contribution < -0.4 is 5.32 Å². The molecule has 0 aromatic rings. The normalized spacial score (nSPS) is 28.8. The predicted molar refractivity (Wildman–Crippen MR) is 69.9 cm³/mol. The lowest BCUT2D eigenvalue weighted by Crippen LogP contribution is -2.64. The summed E-state index contributed by atoms with van der Waals surface area (Å²) in [6.07, 6.45) is 3.83. The van der Waals surface area contributed by atoms with Crippen LogP contribution in [0.25, 0.3) is 0 Å². The highest BCUT2D eigenvalue weighted by Gasteiger charge is 2.47. The van der Waals surface area contributed by atoms with Crippen molar-refractivity contribution in [3.63, 3.8) is 0 Å². The first-order valence-electron chi connectivity index (χ1n) is 7.15. The zero-order chi connectivity index (χ0) is 13.3. The van der Waals surface area contributed by atoms with Crippen molar-refractivity contribution in [2.75, 3.05) is 6.54 Å². The summed E-state index contributed by atoms with van der Waals surface area (Å²) in [5.41, 5.74) is 0. The highest BCUT2D eigenvalue weighted by Crippen LogP contribution is 2.37. The zero-order valence-corrected chi connectivity index (χ0v) is 11.6. The lowest BCUT2D eigenvalue weighted by atomic mass is 9.99. The molecule has 0 aromatic heterocycles. The molecule has 1 aliphatic heterocycles. The number of amides is 2. The van der Waals surface area contributed by atoms with E-state index in [4.69, 9.17) is 0 Å². The summed E-state index contributed by atoms with van der Waals surface area (Å²) in [4.78, 5) is 26.5. The average molecular weight is 252 g/mol. The molecule has 0 radical (unpaired) electrons. The SMILES string of the molecule is CCCC1NC(=O)C(C2CC2)N(CC(C)C)C1=O. The standard InChI is InChI=1S/C14H24N2O2/c1-4-5-11-14(18)16(8-9(2)3)12(10-6-7-10)13(17)15-11/h9-12H,4-8H2,1-3H3,(H,15,17). The number of carbonyl (C=O) groups excluding carboxylic acids is 2. The van der Waals surface area contributed by atoms with Gasteiger partial charge in [0.1, 0.15) is 12.1 Å². The van der Waals surface area contributed by atoms with Crippen LogP contribution in [-0.2, 0) is 9.59 Å². The Morgan fingerprint density at radius 1 is 1.33 bits per heavy atom. The molecule has 18 heavy (non-hydrogen) atoms. The smallest absolute Gasteiger partial charge is 0.245 e. The molecule has 1 aliphatic carbocycles. The van der Waals surface area contributed by atoms with Crippen LogP contribution in [0.15, 0.2) is 0 Å². The summed E-state index contributed by atoms with van der Waals surface area (Å²) in [7, 11) is 0. The van der Waals surface area contributed by atoms with Crippen LogP contribution in [-0.4, -0.2) is 35.3 Å². The molecule has 1 saturated carbocycles. The minimum absolute atomic E-state index is 0.0659. The highest BCUT2D eigenvalue weighted by atomic mass is 16.2. The molecule has 102 valence electrons. The molecule has 0 bridgehead atoms. The second-order valence-corrected chi connectivity index (χ2v) is 6.02. The lowest BCUT2D eigenvalue weighted by Gasteiger charge is -2.40. The van der Waals surface area contributed by atoms with Gasteiger partial charge in [-0.1, -0.05) is 27.2 Å². The van der Waals surface area contributed by atoms with Crippen molar-refractivity contribution in [3.05, 3.63) is 0 Å². The molecule has 4 heteroatoms. The van der Waals surface area contributed by atoms with E-state index in [2.05, 4.69) is 19.2 Å². The summed E-state index contributed by atoms with van der Waals surface area (Å²) in [5.74, 6) is 0.997. The van der Waals surface area contributed by atoms with Crippen molar-refractivity contribution in [2.45, 2.75) is 58.5 Å². The monoisotopic (exact) mass is 252 g/mol. The van der Waals surface area contributed by atoms with Crippen LogP contribution >= 0.6 is 0 Å². The molecule has 2 fully saturated rings.